The molecule has 1 fully saturated rings. The number of morpholine rings is 1. The Hall–Kier alpha value is -2.53. The van der Waals surface area contributed by atoms with Gasteiger partial charge in [0.25, 0.3) is 0 Å². The van der Waals surface area contributed by atoms with Crippen LogP contribution in [0.5, 0.6) is 5.75 Å². The summed E-state index contributed by atoms with van der Waals surface area (Å²) in [6.07, 6.45) is 2.10. The molecule has 1 amide bonds. The number of nitrogens with one attached hydrogen (secondary N) is 1. The molecule has 1 aliphatic rings. The summed E-state index contributed by atoms with van der Waals surface area (Å²) >= 11 is 0. The van der Waals surface area contributed by atoms with Crippen molar-refractivity contribution in [3.05, 3.63) is 59.7 Å². The Kier molecular flexibility index (Phi) is 7.11. The summed E-state index contributed by atoms with van der Waals surface area (Å²) in [6.45, 7) is 4.12. The van der Waals surface area contributed by atoms with Crippen molar-refractivity contribution in [2.24, 2.45) is 0 Å². The fraction of sp³-hybridized carbons (Fsp3) is 0.409. The molecule has 5 nitrogen and oxygen atoms in total. The van der Waals surface area contributed by atoms with Crippen molar-refractivity contribution < 1.29 is 14.3 Å². The van der Waals surface area contributed by atoms with Crippen molar-refractivity contribution in [3.8, 4) is 5.75 Å². The van der Waals surface area contributed by atoms with Gasteiger partial charge in [-0.25, -0.2) is 0 Å². The van der Waals surface area contributed by atoms with Gasteiger partial charge >= 0.3 is 0 Å². The van der Waals surface area contributed by atoms with Crippen LogP contribution in [-0.4, -0.2) is 45.9 Å². The second-order valence-electron chi connectivity index (χ2n) is 6.71. The maximum absolute atomic E-state index is 12.1. The second kappa shape index (κ2) is 9.97. The Morgan fingerprint density at radius 3 is 2.30 bits per heavy atom. The molecule has 0 aliphatic carbocycles. The van der Waals surface area contributed by atoms with Gasteiger partial charge in [-0.2, -0.15) is 0 Å². The number of carbonyl (C=O) groups is 1. The Morgan fingerprint density at radius 2 is 1.63 bits per heavy atom. The summed E-state index contributed by atoms with van der Waals surface area (Å²) in [5, 5.41) is 3.00. The molecule has 0 aromatic heterocycles. The minimum absolute atomic E-state index is 0.0979. The molecule has 0 bridgehead atoms. The number of anilines is 1. The number of methoxy groups -OCH3 is 1. The summed E-state index contributed by atoms with van der Waals surface area (Å²) in [6, 6.07) is 16.5. The Labute approximate surface area is 161 Å². The first-order chi connectivity index (χ1) is 13.2. The highest BCUT2D eigenvalue weighted by molar-refractivity contribution is 5.76. The molecule has 3 rings (SSSR count). The second-order valence-corrected chi connectivity index (χ2v) is 6.71. The number of hydrogen-bond acceptors (Lipinski definition) is 4. The third-order valence-electron chi connectivity index (χ3n) is 4.85. The van der Waals surface area contributed by atoms with Crippen LogP contribution in [0.3, 0.4) is 0 Å². The zero-order valence-corrected chi connectivity index (χ0v) is 15.9. The van der Waals surface area contributed by atoms with Crippen molar-refractivity contribution in [3.63, 3.8) is 0 Å². The van der Waals surface area contributed by atoms with Crippen LogP contribution < -0.4 is 15.0 Å². The van der Waals surface area contributed by atoms with Gasteiger partial charge in [0.05, 0.1) is 20.3 Å². The van der Waals surface area contributed by atoms with E-state index >= 15 is 0 Å². The lowest BCUT2D eigenvalue weighted by Crippen LogP contribution is -2.36. The van der Waals surface area contributed by atoms with Gasteiger partial charge in [0.1, 0.15) is 5.75 Å². The largest absolute Gasteiger partial charge is 0.497 e. The lowest BCUT2D eigenvalue weighted by molar-refractivity contribution is -0.121. The first kappa shape index (κ1) is 19.2. The van der Waals surface area contributed by atoms with E-state index in [9.17, 15) is 4.79 Å². The van der Waals surface area contributed by atoms with Crippen LogP contribution in [0.15, 0.2) is 48.5 Å². The Morgan fingerprint density at radius 1 is 1.00 bits per heavy atom. The van der Waals surface area contributed by atoms with Crippen molar-refractivity contribution in [2.45, 2.75) is 19.3 Å². The molecule has 0 saturated carbocycles. The third kappa shape index (κ3) is 6.00. The molecule has 144 valence electrons. The SMILES string of the molecule is COc1ccc(CCNC(=O)CCc2ccc(N3CCOCC3)cc2)cc1. The molecule has 1 aliphatic heterocycles. The van der Waals surface area contributed by atoms with Crippen LogP contribution in [0, 0.1) is 0 Å². The maximum Gasteiger partial charge on any atom is 0.220 e. The lowest BCUT2D eigenvalue weighted by atomic mass is 10.1. The van der Waals surface area contributed by atoms with Gasteiger partial charge in [-0.05, 0) is 48.2 Å². The number of nitrogens with zero attached hydrogens (tertiary/aromatic N) is 1. The fourth-order valence-corrected chi connectivity index (χ4v) is 3.18. The zero-order valence-electron chi connectivity index (χ0n) is 15.9. The molecule has 0 unspecified atom stereocenters. The first-order valence-electron chi connectivity index (χ1n) is 9.56. The quantitative estimate of drug-likeness (QED) is 0.778. The summed E-state index contributed by atoms with van der Waals surface area (Å²) in [5.41, 5.74) is 3.61. The molecule has 1 heterocycles. The van der Waals surface area contributed by atoms with Crippen LogP contribution >= 0.6 is 0 Å². The summed E-state index contributed by atoms with van der Waals surface area (Å²) in [5.74, 6) is 0.947. The normalized spacial score (nSPS) is 14.0. The smallest absolute Gasteiger partial charge is 0.220 e. The number of aryl methyl sites for hydroxylation is 1. The average Bonchev–Trinajstić information content (AvgIpc) is 2.74. The Balaban J connectivity index is 1.37. The van der Waals surface area contributed by atoms with Crippen LogP contribution in [-0.2, 0) is 22.4 Å². The zero-order chi connectivity index (χ0) is 18.9. The van der Waals surface area contributed by atoms with E-state index in [0.29, 0.717) is 13.0 Å². The summed E-state index contributed by atoms with van der Waals surface area (Å²) < 4.78 is 10.5. The number of benzene rings is 2. The van der Waals surface area contributed by atoms with Crippen molar-refractivity contribution in [1.29, 1.82) is 0 Å². The highest BCUT2D eigenvalue weighted by atomic mass is 16.5. The minimum atomic E-state index is 0.0979. The van der Waals surface area contributed by atoms with Crippen molar-refractivity contribution in [2.75, 3.05) is 44.9 Å². The van der Waals surface area contributed by atoms with Gasteiger partial charge < -0.3 is 19.7 Å². The van der Waals surface area contributed by atoms with E-state index in [2.05, 4.69) is 34.5 Å². The molecule has 5 heteroatoms. The number of carbonyl (C=O) groups excluding carboxylic acids is 1. The van der Waals surface area contributed by atoms with E-state index in [0.717, 1.165) is 44.9 Å². The number of ether oxygens (including phenoxy) is 2. The van der Waals surface area contributed by atoms with Crippen LogP contribution in [0.4, 0.5) is 5.69 Å². The first-order valence-corrected chi connectivity index (χ1v) is 9.56. The molecule has 2 aromatic rings. The monoisotopic (exact) mass is 368 g/mol. The molecule has 27 heavy (non-hydrogen) atoms. The molecule has 0 atom stereocenters. The molecule has 2 aromatic carbocycles. The topological polar surface area (TPSA) is 50.8 Å². The van der Waals surface area contributed by atoms with Crippen LogP contribution in [0.1, 0.15) is 17.5 Å². The van der Waals surface area contributed by atoms with Crippen molar-refractivity contribution >= 4 is 11.6 Å². The van der Waals surface area contributed by atoms with E-state index in [4.69, 9.17) is 9.47 Å². The van der Waals surface area contributed by atoms with Gasteiger partial charge in [0.15, 0.2) is 0 Å². The third-order valence-corrected chi connectivity index (χ3v) is 4.85. The number of amides is 1. The molecular formula is C22H28N2O3. The van der Waals surface area contributed by atoms with Gasteiger partial charge in [-0.3, -0.25) is 4.79 Å². The average molecular weight is 368 g/mol. The lowest BCUT2D eigenvalue weighted by Gasteiger charge is -2.28. The minimum Gasteiger partial charge on any atom is -0.497 e. The van der Waals surface area contributed by atoms with E-state index < -0.39 is 0 Å². The molecule has 1 saturated heterocycles. The van der Waals surface area contributed by atoms with Gasteiger partial charge in [0.2, 0.25) is 5.91 Å². The van der Waals surface area contributed by atoms with E-state index in [1.165, 1.54) is 16.8 Å². The molecular weight excluding hydrogens is 340 g/mol. The maximum atomic E-state index is 12.1. The molecule has 1 N–H and O–H groups in total. The van der Waals surface area contributed by atoms with Gasteiger partial charge in [0, 0.05) is 31.7 Å². The predicted molar refractivity (Wildman–Crippen MR) is 108 cm³/mol. The summed E-state index contributed by atoms with van der Waals surface area (Å²) in [4.78, 5) is 14.4. The van der Waals surface area contributed by atoms with Gasteiger partial charge in [-0.15, -0.1) is 0 Å². The molecule has 0 spiro atoms. The van der Waals surface area contributed by atoms with Crippen LogP contribution in [0.25, 0.3) is 0 Å². The highest BCUT2D eigenvalue weighted by Gasteiger charge is 2.11. The van der Waals surface area contributed by atoms with Crippen LogP contribution in [0.2, 0.25) is 0 Å². The Bertz CT molecular complexity index is 707. The van der Waals surface area contributed by atoms with Crippen molar-refractivity contribution in [1.82, 2.24) is 5.32 Å². The number of rotatable bonds is 8. The van der Waals surface area contributed by atoms with E-state index in [1.54, 1.807) is 7.11 Å². The van der Waals surface area contributed by atoms with Gasteiger partial charge in [-0.1, -0.05) is 24.3 Å². The predicted octanol–water partition coefficient (Wildman–Crippen LogP) is 2.82. The summed E-state index contributed by atoms with van der Waals surface area (Å²) in [7, 11) is 1.66. The van der Waals surface area contributed by atoms with E-state index in [1.807, 2.05) is 24.3 Å². The molecule has 0 radical (unpaired) electrons. The standard InChI is InChI=1S/C22H28N2O3/c1-26-21-9-4-19(5-10-21)12-13-23-22(25)11-6-18-2-7-20(8-3-18)24-14-16-27-17-15-24/h2-5,7-10H,6,11-17H2,1H3,(H,23,25). The van der Waals surface area contributed by atoms with E-state index in [-0.39, 0.29) is 5.91 Å². The highest BCUT2D eigenvalue weighted by Crippen LogP contribution is 2.17. The number of hydrogen-bond donors (Lipinski definition) is 1. The fourth-order valence-electron chi connectivity index (χ4n) is 3.18.